The monoisotopic (exact) mass is 286 g/mol. The van der Waals surface area contributed by atoms with Crippen LogP contribution >= 0.6 is 0 Å². The van der Waals surface area contributed by atoms with E-state index >= 15 is 0 Å². The molecule has 1 atom stereocenters. The molecule has 112 valence electrons. The third-order valence-electron chi connectivity index (χ3n) is 4.33. The molecule has 21 heavy (non-hydrogen) atoms. The molecule has 2 heterocycles. The van der Waals surface area contributed by atoms with Gasteiger partial charge in [0.1, 0.15) is 5.76 Å². The number of hydrogen-bond donors (Lipinski definition) is 1. The van der Waals surface area contributed by atoms with Crippen molar-refractivity contribution in [2.75, 3.05) is 13.2 Å². The summed E-state index contributed by atoms with van der Waals surface area (Å²) in [5.41, 5.74) is 3.19. The molecule has 1 aromatic carbocycles. The van der Waals surface area contributed by atoms with Crippen LogP contribution in [-0.4, -0.2) is 34.2 Å². The molecular formula is C17H22N2O2. The van der Waals surface area contributed by atoms with Gasteiger partial charge in [-0.05, 0) is 44.9 Å². The lowest BCUT2D eigenvalue weighted by atomic mass is 10.1. The molecule has 1 fully saturated rings. The summed E-state index contributed by atoms with van der Waals surface area (Å²) in [7, 11) is 0. The zero-order chi connectivity index (χ0) is 14.8. The summed E-state index contributed by atoms with van der Waals surface area (Å²) in [5.74, 6) is 1.57. The Morgan fingerprint density at radius 1 is 1.33 bits per heavy atom. The highest BCUT2D eigenvalue weighted by Crippen LogP contribution is 2.27. The van der Waals surface area contributed by atoms with E-state index in [2.05, 4.69) is 22.9 Å². The molecule has 3 rings (SSSR count). The minimum absolute atomic E-state index is 0.224. The van der Waals surface area contributed by atoms with E-state index in [1.165, 1.54) is 5.56 Å². The van der Waals surface area contributed by atoms with Crippen molar-refractivity contribution in [3.8, 4) is 11.5 Å². The van der Waals surface area contributed by atoms with Crippen molar-refractivity contribution in [2.24, 2.45) is 0 Å². The maximum atomic E-state index is 9.42. The Labute approximate surface area is 125 Å². The van der Waals surface area contributed by atoms with Crippen molar-refractivity contribution in [2.45, 2.75) is 39.3 Å². The van der Waals surface area contributed by atoms with Gasteiger partial charge in [0.15, 0.2) is 0 Å². The number of aliphatic hydroxyl groups excluding tert-OH is 1. The zero-order valence-electron chi connectivity index (χ0n) is 12.7. The molecule has 4 nitrogen and oxygen atoms in total. The van der Waals surface area contributed by atoms with E-state index in [1.807, 2.05) is 25.1 Å². The average molecular weight is 286 g/mol. The maximum Gasteiger partial charge on any atom is 0.226 e. The maximum absolute atomic E-state index is 9.42. The van der Waals surface area contributed by atoms with Crippen molar-refractivity contribution in [3.05, 3.63) is 41.3 Å². The predicted octanol–water partition coefficient (Wildman–Crippen LogP) is 2.92. The average Bonchev–Trinajstić information content (AvgIpc) is 3.07. The number of aryl methyl sites for hydroxylation is 2. The van der Waals surface area contributed by atoms with Gasteiger partial charge in [-0.1, -0.05) is 18.2 Å². The van der Waals surface area contributed by atoms with Crippen molar-refractivity contribution in [1.29, 1.82) is 0 Å². The van der Waals surface area contributed by atoms with Crippen LogP contribution in [0.4, 0.5) is 0 Å². The molecule has 1 aliphatic heterocycles. The van der Waals surface area contributed by atoms with Crippen LogP contribution in [-0.2, 0) is 6.54 Å². The lowest BCUT2D eigenvalue weighted by Crippen LogP contribution is -2.31. The number of aliphatic hydroxyl groups is 1. The van der Waals surface area contributed by atoms with Gasteiger partial charge in [-0.15, -0.1) is 0 Å². The van der Waals surface area contributed by atoms with Gasteiger partial charge in [0.05, 0.1) is 12.3 Å². The first-order chi connectivity index (χ1) is 10.2. The summed E-state index contributed by atoms with van der Waals surface area (Å²) in [6, 6.07) is 8.39. The van der Waals surface area contributed by atoms with Crippen LogP contribution in [0.15, 0.2) is 28.7 Å². The summed E-state index contributed by atoms with van der Waals surface area (Å²) in [6.07, 6.45) is 2.21. The quantitative estimate of drug-likeness (QED) is 0.939. The molecule has 1 aliphatic rings. The van der Waals surface area contributed by atoms with Crippen molar-refractivity contribution in [1.82, 2.24) is 9.88 Å². The second kappa shape index (κ2) is 6.00. The first-order valence-electron chi connectivity index (χ1n) is 7.56. The van der Waals surface area contributed by atoms with Crippen LogP contribution in [0.1, 0.15) is 29.9 Å². The van der Waals surface area contributed by atoms with Crippen molar-refractivity contribution >= 4 is 0 Å². The summed E-state index contributed by atoms with van der Waals surface area (Å²) >= 11 is 0. The molecular weight excluding hydrogens is 264 g/mol. The van der Waals surface area contributed by atoms with E-state index in [-0.39, 0.29) is 12.6 Å². The van der Waals surface area contributed by atoms with Crippen LogP contribution in [0, 0.1) is 13.8 Å². The number of rotatable bonds is 4. The predicted molar refractivity (Wildman–Crippen MR) is 81.9 cm³/mol. The number of likely N-dealkylation sites (tertiary alicyclic amines) is 1. The molecule has 0 amide bonds. The normalized spacial score (nSPS) is 19.3. The Hall–Kier alpha value is -1.65. The molecule has 1 saturated heterocycles. The highest BCUT2D eigenvalue weighted by Gasteiger charge is 2.25. The first kappa shape index (κ1) is 14.3. The van der Waals surface area contributed by atoms with E-state index < -0.39 is 0 Å². The van der Waals surface area contributed by atoms with Gasteiger partial charge in [-0.2, -0.15) is 0 Å². The standard InChI is InChI=1S/C17H22N2O2/c1-12-6-3-4-8-15(12)17-18-16(13(2)21-17)10-19-9-5-7-14(19)11-20/h3-4,6,8,14,20H,5,7,9-11H2,1-2H3/t14-/m0/s1. The number of hydrogen-bond acceptors (Lipinski definition) is 4. The second-order valence-corrected chi connectivity index (χ2v) is 5.79. The SMILES string of the molecule is Cc1ccccc1-c1nc(CN2CCC[C@H]2CO)c(C)o1. The molecule has 0 unspecified atom stereocenters. The first-order valence-corrected chi connectivity index (χ1v) is 7.56. The van der Waals surface area contributed by atoms with Gasteiger partial charge < -0.3 is 9.52 Å². The molecule has 0 radical (unpaired) electrons. The second-order valence-electron chi connectivity index (χ2n) is 5.79. The number of nitrogens with zero attached hydrogens (tertiary/aromatic N) is 2. The zero-order valence-corrected chi connectivity index (χ0v) is 12.7. The minimum atomic E-state index is 0.224. The third kappa shape index (κ3) is 2.87. The molecule has 1 aromatic heterocycles. The molecule has 2 aromatic rings. The summed E-state index contributed by atoms with van der Waals surface area (Å²) in [5, 5.41) is 9.42. The van der Waals surface area contributed by atoms with E-state index in [0.29, 0.717) is 5.89 Å². The van der Waals surface area contributed by atoms with Gasteiger partial charge in [0.25, 0.3) is 0 Å². The Morgan fingerprint density at radius 2 is 2.14 bits per heavy atom. The molecule has 0 spiro atoms. The van der Waals surface area contributed by atoms with Gasteiger partial charge >= 0.3 is 0 Å². The lowest BCUT2D eigenvalue weighted by Gasteiger charge is -2.21. The highest BCUT2D eigenvalue weighted by molar-refractivity contribution is 5.58. The van der Waals surface area contributed by atoms with Crippen LogP contribution < -0.4 is 0 Å². The van der Waals surface area contributed by atoms with Crippen LogP contribution in [0.2, 0.25) is 0 Å². The van der Waals surface area contributed by atoms with E-state index in [9.17, 15) is 5.11 Å². The third-order valence-corrected chi connectivity index (χ3v) is 4.33. The fourth-order valence-corrected chi connectivity index (χ4v) is 3.01. The smallest absolute Gasteiger partial charge is 0.226 e. The molecule has 4 heteroatoms. The Morgan fingerprint density at radius 3 is 2.90 bits per heavy atom. The molecule has 0 bridgehead atoms. The van der Waals surface area contributed by atoms with Crippen LogP contribution in [0.5, 0.6) is 0 Å². The fraction of sp³-hybridized carbons (Fsp3) is 0.471. The molecule has 0 saturated carbocycles. The van der Waals surface area contributed by atoms with E-state index in [1.54, 1.807) is 0 Å². The summed E-state index contributed by atoms with van der Waals surface area (Å²) in [6.45, 7) is 6.04. The number of oxazole rings is 1. The van der Waals surface area contributed by atoms with E-state index in [0.717, 1.165) is 42.9 Å². The molecule has 0 aliphatic carbocycles. The Bertz CT molecular complexity index is 621. The number of aromatic nitrogens is 1. The number of benzene rings is 1. The highest BCUT2D eigenvalue weighted by atomic mass is 16.4. The Balaban J connectivity index is 1.83. The van der Waals surface area contributed by atoms with E-state index in [4.69, 9.17) is 4.42 Å². The van der Waals surface area contributed by atoms with Gasteiger partial charge in [0.2, 0.25) is 5.89 Å². The van der Waals surface area contributed by atoms with Gasteiger partial charge in [-0.3, -0.25) is 4.90 Å². The Kier molecular flexibility index (Phi) is 4.08. The van der Waals surface area contributed by atoms with Gasteiger partial charge in [-0.25, -0.2) is 4.98 Å². The summed E-state index contributed by atoms with van der Waals surface area (Å²) in [4.78, 5) is 6.98. The summed E-state index contributed by atoms with van der Waals surface area (Å²) < 4.78 is 5.86. The fourth-order valence-electron chi connectivity index (χ4n) is 3.01. The topological polar surface area (TPSA) is 49.5 Å². The lowest BCUT2D eigenvalue weighted by molar-refractivity contribution is 0.152. The van der Waals surface area contributed by atoms with Crippen LogP contribution in [0.25, 0.3) is 11.5 Å². The van der Waals surface area contributed by atoms with Crippen molar-refractivity contribution < 1.29 is 9.52 Å². The van der Waals surface area contributed by atoms with Gasteiger partial charge in [0, 0.05) is 18.2 Å². The largest absolute Gasteiger partial charge is 0.441 e. The minimum Gasteiger partial charge on any atom is -0.441 e. The molecule has 1 N–H and O–H groups in total. The van der Waals surface area contributed by atoms with Crippen molar-refractivity contribution in [3.63, 3.8) is 0 Å². The van der Waals surface area contributed by atoms with Crippen LogP contribution in [0.3, 0.4) is 0 Å².